The first-order valence-corrected chi connectivity index (χ1v) is 6.81. The highest BCUT2D eigenvalue weighted by Gasteiger charge is 2.06. The van der Waals surface area contributed by atoms with Crippen LogP contribution in [0, 0.1) is 0 Å². The van der Waals surface area contributed by atoms with Gasteiger partial charge in [0, 0.05) is 36.3 Å². The summed E-state index contributed by atoms with van der Waals surface area (Å²) in [6, 6.07) is 4.37. The van der Waals surface area contributed by atoms with Crippen LogP contribution in [0.4, 0.5) is 0 Å². The maximum atomic E-state index is 5.89. The van der Waals surface area contributed by atoms with Crippen molar-refractivity contribution in [3.8, 4) is 0 Å². The van der Waals surface area contributed by atoms with Gasteiger partial charge in [-0.3, -0.25) is 4.68 Å². The fraction of sp³-hybridized carbons (Fsp3) is 0.417. The maximum absolute atomic E-state index is 5.89. The second kappa shape index (κ2) is 5.67. The van der Waals surface area contributed by atoms with Gasteiger partial charge >= 0.3 is 0 Å². The molecule has 0 aliphatic heterocycles. The summed E-state index contributed by atoms with van der Waals surface area (Å²) in [6.07, 6.45) is 4.96. The molecule has 1 N–H and O–H groups in total. The molecule has 0 fully saturated rings. The quantitative estimate of drug-likeness (QED) is 0.904. The van der Waals surface area contributed by atoms with Crippen molar-refractivity contribution in [2.24, 2.45) is 7.05 Å². The molecule has 0 aliphatic rings. The summed E-state index contributed by atoms with van der Waals surface area (Å²) in [6.45, 7) is 3.10. The third kappa shape index (κ3) is 3.56. The van der Waals surface area contributed by atoms with E-state index in [-0.39, 0.29) is 0 Å². The summed E-state index contributed by atoms with van der Waals surface area (Å²) >= 11 is 7.54. The third-order valence-corrected chi connectivity index (χ3v) is 3.97. The van der Waals surface area contributed by atoms with Gasteiger partial charge in [0.1, 0.15) is 0 Å². The van der Waals surface area contributed by atoms with Crippen molar-refractivity contribution < 1.29 is 0 Å². The van der Waals surface area contributed by atoms with Crippen molar-refractivity contribution in [2.45, 2.75) is 19.4 Å². The van der Waals surface area contributed by atoms with Crippen molar-refractivity contribution in [2.75, 3.05) is 6.54 Å². The van der Waals surface area contributed by atoms with Crippen LogP contribution >= 0.6 is 22.9 Å². The predicted octanol–water partition coefficient (Wildman–Crippen LogP) is 3.03. The van der Waals surface area contributed by atoms with E-state index in [0.29, 0.717) is 6.04 Å². The van der Waals surface area contributed by atoms with Crippen LogP contribution in [0.15, 0.2) is 24.5 Å². The van der Waals surface area contributed by atoms with Crippen LogP contribution in [0.2, 0.25) is 4.34 Å². The van der Waals surface area contributed by atoms with Gasteiger partial charge in [0.15, 0.2) is 0 Å². The molecule has 1 unspecified atom stereocenters. The fourth-order valence-electron chi connectivity index (χ4n) is 1.68. The molecule has 0 aromatic carbocycles. The van der Waals surface area contributed by atoms with Gasteiger partial charge in [-0.2, -0.15) is 5.10 Å². The van der Waals surface area contributed by atoms with Crippen LogP contribution in [0.5, 0.6) is 0 Å². The molecule has 2 aromatic rings. The third-order valence-electron chi connectivity index (χ3n) is 2.68. The second-order valence-electron chi connectivity index (χ2n) is 4.08. The van der Waals surface area contributed by atoms with Crippen LogP contribution < -0.4 is 5.32 Å². The lowest BCUT2D eigenvalue weighted by Gasteiger charge is -2.10. The van der Waals surface area contributed by atoms with E-state index < -0.39 is 0 Å². The molecular weight excluding hydrogens is 254 g/mol. The van der Waals surface area contributed by atoms with E-state index in [2.05, 4.69) is 23.4 Å². The Kier molecular flexibility index (Phi) is 4.20. The van der Waals surface area contributed by atoms with Crippen LogP contribution in [-0.4, -0.2) is 16.3 Å². The molecule has 0 aliphatic carbocycles. The molecule has 5 heteroatoms. The van der Waals surface area contributed by atoms with Gasteiger partial charge in [0.2, 0.25) is 0 Å². The molecular formula is C12H16ClN3S. The molecule has 0 bridgehead atoms. The Labute approximate surface area is 110 Å². The SMILES string of the molecule is CC(NCCc1ccc(Cl)s1)c1cnn(C)c1. The largest absolute Gasteiger partial charge is 0.310 e. The van der Waals surface area contributed by atoms with Crippen LogP contribution in [0.3, 0.4) is 0 Å². The van der Waals surface area contributed by atoms with Gasteiger partial charge < -0.3 is 5.32 Å². The molecule has 2 rings (SSSR count). The first kappa shape index (κ1) is 12.6. The van der Waals surface area contributed by atoms with Crippen molar-refractivity contribution in [3.63, 3.8) is 0 Å². The number of hydrogen-bond acceptors (Lipinski definition) is 3. The number of thiophene rings is 1. The summed E-state index contributed by atoms with van der Waals surface area (Å²) in [5, 5.41) is 7.65. The molecule has 2 aromatic heterocycles. The number of rotatable bonds is 5. The minimum absolute atomic E-state index is 0.333. The van der Waals surface area contributed by atoms with E-state index in [1.54, 1.807) is 11.3 Å². The van der Waals surface area contributed by atoms with Crippen molar-refractivity contribution in [1.82, 2.24) is 15.1 Å². The van der Waals surface area contributed by atoms with Crippen LogP contribution in [0.25, 0.3) is 0 Å². The molecule has 17 heavy (non-hydrogen) atoms. The van der Waals surface area contributed by atoms with Crippen LogP contribution in [0.1, 0.15) is 23.4 Å². The number of halogens is 1. The number of nitrogens with one attached hydrogen (secondary N) is 1. The second-order valence-corrected chi connectivity index (χ2v) is 5.88. The Bertz CT molecular complexity index is 478. The van der Waals surface area contributed by atoms with Crippen molar-refractivity contribution in [3.05, 3.63) is 39.3 Å². The molecule has 92 valence electrons. The summed E-state index contributed by atoms with van der Waals surface area (Å²) < 4.78 is 2.69. The average Bonchev–Trinajstić information content (AvgIpc) is 2.88. The zero-order valence-corrected chi connectivity index (χ0v) is 11.6. The lowest BCUT2D eigenvalue weighted by Crippen LogP contribution is -2.20. The van der Waals surface area contributed by atoms with E-state index in [4.69, 9.17) is 11.6 Å². The standard InChI is InChI=1S/C12H16ClN3S/c1-9(10-7-15-16(2)8-10)14-6-5-11-3-4-12(13)17-11/h3-4,7-9,14H,5-6H2,1-2H3. The summed E-state index contributed by atoms with van der Waals surface area (Å²) in [5.41, 5.74) is 1.22. The van der Waals surface area contributed by atoms with E-state index in [1.165, 1.54) is 10.4 Å². The Morgan fingerprint density at radius 2 is 2.35 bits per heavy atom. The maximum Gasteiger partial charge on any atom is 0.0931 e. The first-order chi connectivity index (χ1) is 8.15. The molecule has 0 saturated carbocycles. The lowest BCUT2D eigenvalue weighted by molar-refractivity contribution is 0.578. The molecule has 2 heterocycles. The monoisotopic (exact) mass is 269 g/mol. The summed E-state index contributed by atoms with van der Waals surface area (Å²) in [5.74, 6) is 0. The first-order valence-electron chi connectivity index (χ1n) is 5.61. The smallest absolute Gasteiger partial charge is 0.0931 e. The molecule has 0 radical (unpaired) electrons. The highest BCUT2D eigenvalue weighted by atomic mass is 35.5. The summed E-state index contributed by atoms with van der Waals surface area (Å²) in [7, 11) is 1.93. The molecule has 0 saturated heterocycles. The Hall–Kier alpha value is -0.840. The van der Waals surface area contributed by atoms with Crippen molar-refractivity contribution >= 4 is 22.9 Å². The fourth-order valence-corrected chi connectivity index (χ4v) is 2.77. The van der Waals surface area contributed by atoms with Gasteiger partial charge in [0.05, 0.1) is 10.5 Å². The van der Waals surface area contributed by atoms with E-state index in [9.17, 15) is 0 Å². The van der Waals surface area contributed by atoms with Gasteiger partial charge in [-0.05, 0) is 25.5 Å². The Balaban J connectivity index is 1.78. The Morgan fingerprint density at radius 1 is 1.53 bits per heavy atom. The normalized spacial score (nSPS) is 12.9. The van der Waals surface area contributed by atoms with Gasteiger partial charge in [-0.1, -0.05) is 11.6 Å². The number of aryl methyl sites for hydroxylation is 1. The van der Waals surface area contributed by atoms with E-state index in [0.717, 1.165) is 17.3 Å². The Morgan fingerprint density at radius 3 is 2.94 bits per heavy atom. The zero-order chi connectivity index (χ0) is 12.3. The van der Waals surface area contributed by atoms with Gasteiger partial charge in [-0.15, -0.1) is 11.3 Å². The highest BCUT2D eigenvalue weighted by molar-refractivity contribution is 7.16. The summed E-state index contributed by atoms with van der Waals surface area (Å²) in [4.78, 5) is 1.32. The number of nitrogens with zero attached hydrogens (tertiary/aromatic N) is 2. The van der Waals surface area contributed by atoms with E-state index >= 15 is 0 Å². The topological polar surface area (TPSA) is 29.9 Å². The average molecular weight is 270 g/mol. The van der Waals surface area contributed by atoms with Crippen molar-refractivity contribution in [1.29, 1.82) is 0 Å². The molecule has 0 amide bonds. The zero-order valence-electron chi connectivity index (χ0n) is 9.98. The van der Waals surface area contributed by atoms with Crippen LogP contribution in [-0.2, 0) is 13.5 Å². The highest BCUT2D eigenvalue weighted by Crippen LogP contribution is 2.21. The minimum Gasteiger partial charge on any atom is -0.310 e. The molecule has 0 spiro atoms. The van der Waals surface area contributed by atoms with Gasteiger partial charge in [0.25, 0.3) is 0 Å². The van der Waals surface area contributed by atoms with Gasteiger partial charge in [-0.25, -0.2) is 0 Å². The number of aromatic nitrogens is 2. The minimum atomic E-state index is 0.333. The van der Waals surface area contributed by atoms with E-state index in [1.807, 2.05) is 30.2 Å². The lowest BCUT2D eigenvalue weighted by atomic mass is 10.2. The molecule has 1 atom stereocenters. The number of hydrogen-bond donors (Lipinski definition) is 1. The predicted molar refractivity (Wildman–Crippen MR) is 72.7 cm³/mol. The molecule has 3 nitrogen and oxygen atoms in total.